The van der Waals surface area contributed by atoms with Gasteiger partial charge in [0.05, 0.1) is 11.4 Å². The van der Waals surface area contributed by atoms with E-state index in [2.05, 4.69) is 190 Å². The molecule has 0 fully saturated rings. The first-order valence-electron chi connectivity index (χ1n) is 20.6. The van der Waals surface area contributed by atoms with Gasteiger partial charge in [0.15, 0.2) is 5.82 Å². The van der Waals surface area contributed by atoms with E-state index >= 15 is 0 Å². The van der Waals surface area contributed by atoms with Gasteiger partial charge in [0.2, 0.25) is 0 Å². The molecule has 0 aliphatic heterocycles. The van der Waals surface area contributed by atoms with E-state index in [0.29, 0.717) is 5.82 Å². The predicted molar refractivity (Wildman–Crippen MR) is 249 cm³/mol. The molecule has 0 atom stereocenters. The number of hydrogen-bond donors (Lipinski definition) is 0. The van der Waals surface area contributed by atoms with Gasteiger partial charge in [0.25, 0.3) is 0 Å². The molecule has 0 unspecified atom stereocenters. The van der Waals surface area contributed by atoms with Crippen LogP contribution in [0.25, 0.3) is 111 Å². The Hall–Kier alpha value is -7.62. The standard InChI is InChI=1S/C57H38N2O/c1-57(2)47-24-12-22-41(53(47)46-32-39-17-6-7-18-40(39)33-48(46)57)36-26-28-37(29-27-36)49-34-50(59-56(58-49)38-15-4-3-5-16-38)44-21-11-10-20-43(44)45-23-13-25-51-55(45)54-42-19-9-8-14-35(42)30-31-52(54)60-51/h3-34H,1-2H3. The molecule has 1 aliphatic carbocycles. The van der Waals surface area contributed by atoms with Crippen LogP contribution in [0.1, 0.15) is 25.0 Å². The lowest BCUT2D eigenvalue weighted by Gasteiger charge is -2.22. The van der Waals surface area contributed by atoms with Crippen LogP contribution in [0.2, 0.25) is 0 Å². The number of nitrogens with zero attached hydrogens (tertiary/aromatic N) is 2. The van der Waals surface area contributed by atoms with Crippen molar-refractivity contribution >= 4 is 43.5 Å². The van der Waals surface area contributed by atoms with Crippen molar-refractivity contribution in [2.75, 3.05) is 0 Å². The third-order valence-corrected chi connectivity index (χ3v) is 12.7. The Morgan fingerprint density at radius 3 is 1.85 bits per heavy atom. The molecule has 9 aromatic carbocycles. The summed E-state index contributed by atoms with van der Waals surface area (Å²) in [4.78, 5) is 10.5. The van der Waals surface area contributed by atoms with Crippen molar-refractivity contribution in [1.82, 2.24) is 9.97 Å². The van der Waals surface area contributed by atoms with Crippen molar-refractivity contribution in [3.63, 3.8) is 0 Å². The van der Waals surface area contributed by atoms with Crippen LogP contribution in [-0.2, 0) is 5.41 Å². The zero-order valence-electron chi connectivity index (χ0n) is 33.3. The summed E-state index contributed by atoms with van der Waals surface area (Å²) in [7, 11) is 0. The van der Waals surface area contributed by atoms with Gasteiger partial charge < -0.3 is 4.42 Å². The highest BCUT2D eigenvalue weighted by molar-refractivity contribution is 6.23. The summed E-state index contributed by atoms with van der Waals surface area (Å²) in [5.74, 6) is 0.687. The second-order valence-electron chi connectivity index (χ2n) is 16.5. The van der Waals surface area contributed by atoms with Crippen molar-refractivity contribution in [1.29, 1.82) is 0 Å². The summed E-state index contributed by atoms with van der Waals surface area (Å²) >= 11 is 0. The second kappa shape index (κ2) is 13.2. The molecule has 0 saturated carbocycles. The Morgan fingerprint density at radius 1 is 0.383 bits per heavy atom. The van der Waals surface area contributed by atoms with E-state index in [9.17, 15) is 0 Å². The maximum Gasteiger partial charge on any atom is 0.160 e. The minimum Gasteiger partial charge on any atom is -0.456 e. The first kappa shape index (κ1) is 34.4. The Balaban J connectivity index is 1.01. The fraction of sp³-hybridized carbons (Fsp3) is 0.0526. The van der Waals surface area contributed by atoms with E-state index in [0.717, 1.165) is 61.1 Å². The van der Waals surface area contributed by atoms with Crippen LogP contribution in [0.3, 0.4) is 0 Å². The molecule has 282 valence electrons. The van der Waals surface area contributed by atoms with E-state index in [4.69, 9.17) is 14.4 Å². The van der Waals surface area contributed by atoms with Crippen LogP contribution in [0, 0.1) is 0 Å². The average Bonchev–Trinajstić information content (AvgIpc) is 3.80. The van der Waals surface area contributed by atoms with Crippen molar-refractivity contribution in [3.8, 4) is 67.3 Å². The molecule has 12 rings (SSSR count). The number of rotatable bonds is 5. The quantitative estimate of drug-likeness (QED) is 0.175. The van der Waals surface area contributed by atoms with Crippen molar-refractivity contribution < 1.29 is 4.42 Å². The summed E-state index contributed by atoms with van der Waals surface area (Å²) in [6, 6.07) is 69.4. The highest BCUT2D eigenvalue weighted by Gasteiger charge is 2.37. The third kappa shape index (κ3) is 5.29. The molecule has 0 saturated heterocycles. The molecule has 0 N–H and O–H groups in total. The molecule has 2 aromatic heterocycles. The molecule has 0 amide bonds. The molecule has 60 heavy (non-hydrogen) atoms. The summed E-state index contributed by atoms with van der Waals surface area (Å²) < 4.78 is 6.51. The van der Waals surface area contributed by atoms with Crippen LogP contribution < -0.4 is 0 Å². The first-order valence-corrected chi connectivity index (χ1v) is 20.6. The molecule has 11 aromatic rings. The maximum absolute atomic E-state index is 6.51. The van der Waals surface area contributed by atoms with Crippen LogP contribution in [0.5, 0.6) is 0 Å². The van der Waals surface area contributed by atoms with Gasteiger partial charge in [-0.25, -0.2) is 9.97 Å². The van der Waals surface area contributed by atoms with Gasteiger partial charge in [0.1, 0.15) is 11.2 Å². The Kier molecular flexibility index (Phi) is 7.58. The summed E-state index contributed by atoms with van der Waals surface area (Å²) in [6.07, 6.45) is 0. The summed E-state index contributed by atoms with van der Waals surface area (Å²) in [5, 5.41) is 7.16. The number of benzene rings is 9. The lowest BCUT2D eigenvalue weighted by atomic mass is 9.81. The largest absolute Gasteiger partial charge is 0.456 e. The molecule has 3 heteroatoms. The van der Waals surface area contributed by atoms with E-state index in [1.165, 1.54) is 54.9 Å². The molecule has 0 bridgehead atoms. The molecule has 0 radical (unpaired) electrons. The smallest absolute Gasteiger partial charge is 0.160 e. The van der Waals surface area contributed by atoms with Crippen LogP contribution in [-0.4, -0.2) is 9.97 Å². The SMILES string of the molecule is CC1(C)c2cc3ccccc3cc2-c2c(-c3ccc(-c4cc(-c5ccccc5-c5cccc6oc7ccc8ccccc8c7c56)nc(-c5ccccc5)n4)cc3)cccc21. The van der Waals surface area contributed by atoms with Gasteiger partial charge in [-0.2, -0.15) is 0 Å². The average molecular weight is 767 g/mol. The molecular weight excluding hydrogens is 729 g/mol. The highest BCUT2D eigenvalue weighted by Crippen LogP contribution is 2.53. The monoisotopic (exact) mass is 766 g/mol. The number of aromatic nitrogens is 2. The molecule has 2 heterocycles. The molecule has 1 aliphatic rings. The van der Waals surface area contributed by atoms with Crippen molar-refractivity contribution in [2.24, 2.45) is 0 Å². The Labute approximate surface area is 348 Å². The fourth-order valence-corrected chi connectivity index (χ4v) is 9.74. The molecular formula is C57H38N2O. The topological polar surface area (TPSA) is 38.9 Å². The third-order valence-electron chi connectivity index (χ3n) is 12.7. The van der Waals surface area contributed by atoms with Gasteiger partial charge in [-0.3, -0.25) is 0 Å². The maximum atomic E-state index is 6.51. The zero-order chi connectivity index (χ0) is 40.0. The predicted octanol–water partition coefficient (Wildman–Crippen LogP) is 15.3. The highest BCUT2D eigenvalue weighted by atomic mass is 16.3. The molecule has 3 nitrogen and oxygen atoms in total. The van der Waals surface area contributed by atoms with Gasteiger partial charge in [-0.05, 0) is 96.4 Å². The lowest BCUT2D eigenvalue weighted by Crippen LogP contribution is -2.14. The van der Waals surface area contributed by atoms with Crippen molar-refractivity contribution in [3.05, 3.63) is 205 Å². The van der Waals surface area contributed by atoms with Gasteiger partial charge in [0, 0.05) is 32.9 Å². The van der Waals surface area contributed by atoms with Crippen LogP contribution in [0.4, 0.5) is 0 Å². The summed E-state index contributed by atoms with van der Waals surface area (Å²) in [6.45, 7) is 4.71. The minimum atomic E-state index is -0.101. The van der Waals surface area contributed by atoms with E-state index in [-0.39, 0.29) is 5.41 Å². The van der Waals surface area contributed by atoms with Gasteiger partial charge >= 0.3 is 0 Å². The summed E-state index contributed by atoms with van der Waals surface area (Å²) in [5.41, 5.74) is 16.5. The van der Waals surface area contributed by atoms with E-state index < -0.39 is 0 Å². The number of fused-ring (bicyclic) bond motifs is 9. The zero-order valence-corrected chi connectivity index (χ0v) is 33.3. The van der Waals surface area contributed by atoms with E-state index in [1.807, 2.05) is 18.2 Å². The van der Waals surface area contributed by atoms with Gasteiger partial charge in [-0.15, -0.1) is 0 Å². The molecule has 0 spiro atoms. The Bertz CT molecular complexity index is 3500. The van der Waals surface area contributed by atoms with Crippen molar-refractivity contribution in [2.45, 2.75) is 19.3 Å². The Morgan fingerprint density at radius 2 is 1.02 bits per heavy atom. The van der Waals surface area contributed by atoms with Crippen LogP contribution >= 0.6 is 0 Å². The van der Waals surface area contributed by atoms with Crippen LogP contribution in [0.15, 0.2) is 199 Å². The normalized spacial score (nSPS) is 13.0. The number of furan rings is 1. The fourth-order valence-electron chi connectivity index (χ4n) is 9.74. The first-order chi connectivity index (χ1) is 29.5. The minimum absolute atomic E-state index is 0.101. The van der Waals surface area contributed by atoms with E-state index in [1.54, 1.807) is 0 Å². The number of hydrogen-bond acceptors (Lipinski definition) is 3. The van der Waals surface area contributed by atoms with Gasteiger partial charge in [-0.1, -0.05) is 178 Å². The second-order valence-corrected chi connectivity index (χ2v) is 16.5. The lowest BCUT2D eigenvalue weighted by molar-refractivity contribution is 0.661.